The van der Waals surface area contributed by atoms with Gasteiger partial charge in [0.2, 0.25) is 5.91 Å². The van der Waals surface area contributed by atoms with Crippen LogP contribution in [0.1, 0.15) is 38.2 Å². The van der Waals surface area contributed by atoms with E-state index in [2.05, 4.69) is 33.5 Å². The van der Waals surface area contributed by atoms with Gasteiger partial charge >= 0.3 is 0 Å². The highest BCUT2D eigenvalue weighted by Crippen LogP contribution is 2.16. The van der Waals surface area contributed by atoms with Crippen molar-refractivity contribution in [2.75, 3.05) is 39.8 Å². The van der Waals surface area contributed by atoms with Gasteiger partial charge in [-0.05, 0) is 69.9 Å². The van der Waals surface area contributed by atoms with Crippen LogP contribution in [0.4, 0.5) is 0 Å². The SMILES string of the molecule is CCNC(=NCc1cccc(OC)c1)NCCCCN1CCC(C(N)=O)CC1. The Bertz CT molecular complexity index is 627. The average Bonchev–Trinajstić information content (AvgIpc) is 2.72. The minimum Gasteiger partial charge on any atom is -0.497 e. The van der Waals surface area contributed by atoms with Crippen LogP contribution in [-0.2, 0) is 11.3 Å². The maximum Gasteiger partial charge on any atom is 0.220 e. The first kappa shape index (κ1) is 22.0. The Balaban J connectivity index is 1.66. The first-order valence-electron chi connectivity index (χ1n) is 10.3. The smallest absolute Gasteiger partial charge is 0.220 e. The Labute approximate surface area is 168 Å². The van der Waals surface area contributed by atoms with Gasteiger partial charge in [-0.15, -0.1) is 0 Å². The molecule has 0 radical (unpaired) electrons. The number of primary amides is 1. The summed E-state index contributed by atoms with van der Waals surface area (Å²) in [4.78, 5) is 18.3. The lowest BCUT2D eigenvalue weighted by molar-refractivity contribution is -0.123. The van der Waals surface area contributed by atoms with Gasteiger partial charge in [-0.3, -0.25) is 4.79 Å². The molecule has 28 heavy (non-hydrogen) atoms. The van der Waals surface area contributed by atoms with Crippen molar-refractivity contribution in [1.82, 2.24) is 15.5 Å². The van der Waals surface area contributed by atoms with Crippen molar-refractivity contribution in [2.24, 2.45) is 16.6 Å². The predicted molar refractivity (Wildman–Crippen MR) is 113 cm³/mol. The molecule has 156 valence electrons. The van der Waals surface area contributed by atoms with Crippen LogP contribution >= 0.6 is 0 Å². The zero-order valence-corrected chi connectivity index (χ0v) is 17.2. The van der Waals surface area contributed by atoms with Crippen molar-refractivity contribution in [2.45, 2.75) is 39.2 Å². The standard InChI is InChI=1S/C21H35N5O2/c1-3-23-21(25-16-17-7-6-8-19(15-17)28-2)24-11-4-5-12-26-13-9-18(10-14-26)20(22)27/h6-8,15,18H,3-5,9-14,16H2,1-2H3,(H2,22,27)(H2,23,24,25). The third-order valence-corrected chi connectivity index (χ3v) is 5.08. The van der Waals surface area contributed by atoms with Crippen molar-refractivity contribution in [1.29, 1.82) is 0 Å². The molecule has 1 heterocycles. The van der Waals surface area contributed by atoms with Crippen LogP contribution in [0.25, 0.3) is 0 Å². The van der Waals surface area contributed by atoms with Gasteiger partial charge in [0.15, 0.2) is 5.96 Å². The van der Waals surface area contributed by atoms with E-state index in [1.54, 1.807) is 7.11 Å². The van der Waals surface area contributed by atoms with Crippen molar-refractivity contribution in [3.63, 3.8) is 0 Å². The quantitative estimate of drug-likeness (QED) is 0.322. The van der Waals surface area contributed by atoms with Crippen LogP contribution in [0.15, 0.2) is 29.3 Å². The lowest BCUT2D eigenvalue weighted by Crippen LogP contribution is -2.39. The number of amides is 1. The van der Waals surface area contributed by atoms with E-state index < -0.39 is 0 Å². The topological polar surface area (TPSA) is 92.0 Å². The number of nitrogens with two attached hydrogens (primary N) is 1. The van der Waals surface area contributed by atoms with Gasteiger partial charge in [0.1, 0.15) is 5.75 Å². The fraction of sp³-hybridized carbons (Fsp3) is 0.619. The third-order valence-electron chi connectivity index (χ3n) is 5.08. The van der Waals surface area contributed by atoms with E-state index in [0.29, 0.717) is 6.54 Å². The second-order valence-electron chi connectivity index (χ2n) is 7.20. The van der Waals surface area contributed by atoms with E-state index >= 15 is 0 Å². The van der Waals surface area contributed by atoms with Crippen molar-refractivity contribution in [3.05, 3.63) is 29.8 Å². The summed E-state index contributed by atoms with van der Waals surface area (Å²) >= 11 is 0. The molecule has 2 rings (SSSR count). The Morgan fingerprint density at radius 3 is 2.75 bits per heavy atom. The molecule has 1 aliphatic heterocycles. The molecule has 0 bridgehead atoms. The van der Waals surface area contributed by atoms with Gasteiger partial charge in [-0.25, -0.2) is 4.99 Å². The van der Waals surface area contributed by atoms with Gasteiger partial charge in [0, 0.05) is 19.0 Å². The fourth-order valence-corrected chi connectivity index (χ4v) is 3.39. The molecule has 1 saturated heterocycles. The number of nitrogens with one attached hydrogen (secondary N) is 2. The predicted octanol–water partition coefficient (Wildman–Crippen LogP) is 1.73. The average molecular weight is 390 g/mol. The molecule has 1 fully saturated rings. The third kappa shape index (κ3) is 7.76. The Kier molecular flexibility index (Phi) is 9.62. The number of guanidine groups is 1. The number of piperidine rings is 1. The molecule has 1 aromatic carbocycles. The van der Waals surface area contributed by atoms with E-state index in [1.165, 1.54) is 0 Å². The van der Waals surface area contributed by atoms with Gasteiger partial charge in [0.25, 0.3) is 0 Å². The van der Waals surface area contributed by atoms with Crippen LogP contribution in [0.2, 0.25) is 0 Å². The van der Waals surface area contributed by atoms with Crippen LogP contribution in [0.3, 0.4) is 0 Å². The summed E-state index contributed by atoms with van der Waals surface area (Å²) in [7, 11) is 1.67. The summed E-state index contributed by atoms with van der Waals surface area (Å²) < 4.78 is 5.26. The maximum absolute atomic E-state index is 11.2. The summed E-state index contributed by atoms with van der Waals surface area (Å²) in [5.41, 5.74) is 6.51. The monoisotopic (exact) mass is 389 g/mol. The molecule has 0 aliphatic carbocycles. The number of hydrogen-bond donors (Lipinski definition) is 3. The molecule has 0 saturated carbocycles. The summed E-state index contributed by atoms with van der Waals surface area (Å²) in [5, 5.41) is 6.70. The highest BCUT2D eigenvalue weighted by Gasteiger charge is 2.22. The molecule has 0 spiro atoms. The zero-order chi connectivity index (χ0) is 20.2. The fourth-order valence-electron chi connectivity index (χ4n) is 3.39. The number of benzene rings is 1. The molecule has 1 amide bonds. The number of rotatable bonds is 10. The molecule has 1 aromatic rings. The van der Waals surface area contributed by atoms with Crippen LogP contribution < -0.4 is 21.1 Å². The second-order valence-corrected chi connectivity index (χ2v) is 7.20. The summed E-state index contributed by atoms with van der Waals surface area (Å²) in [6.45, 7) is 7.43. The van der Waals surface area contributed by atoms with Crippen molar-refractivity contribution >= 4 is 11.9 Å². The minimum atomic E-state index is -0.145. The van der Waals surface area contributed by atoms with E-state index in [1.807, 2.05) is 18.2 Å². The second kappa shape index (κ2) is 12.2. The van der Waals surface area contributed by atoms with Gasteiger partial charge in [-0.2, -0.15) is 0 Å². The van der Waals surface area contributed by atoms with E-state index in [9.17, 15) is 4.79 Å². The number of aliphatic imine (C=N–C) groups is 1. The largest absolute Gasteiger partial charge is 0.497 e. The molecule has 0 unspecified atom stereocenters. The molecule has 0 atom stereocenters. The first-order chi connectivity index (χ1) is 13.6. The number of hydrogen-bond acceptors (Lipinski definition) is 4. The Hall–Kier alpha value is -2.28. The first-order valence-corrected chi connectivity index (χ1v) is 10.3. The Morgan fingerprint density at radius 1 is 1.29 bits per heavy atom. The highest BCUT2D eigenvalue weighted by molar-refractivity contribution is 5.79. The molecule has 0 aromatic heterocycles. The number of likely N-dealkylation sites (tertiary alicyclic amines) is 1. The summed E-state index contributed by atoms with van der Waals surface area (Å²) in [6.07, 6.45) is 4.01. The van der Waals surface area contributed by atoms with Gasteiger partial charge < -0.3 is 26.0 Å². The molecule has 4 N–H and O–H groups in total. The maximum atomic E-state index is 11.2. The zero-order valence-electron chi connectivity index (χ0n) is 17.2. The molecular formula is C21H35N5O2. The normalized spacial score (nSPS) is 16.0. The minimum absolute atomic E-state index is 0.0707. The van der Waals surface area contributed by atoms with Crippen LogP contribution in [0, 0.1) is 5.92 Å². The van der Waals surface area contributed by atoms with Gasteiger partial charge in [0.05, 0.1) is 13.7 Å². The number of unbranched alkanes of at least 4 members (excludes halogenated alkanes) is 1. The van der Waals surface area contributed by atoms with E-state index in [-0.39, 0.29) is 11.8 Å². The number of methoxy groups -OCH3 is 1. The number of ether oxygens (including phenoxy) is 1. The number of carbonyl (C=O) groups excluding carboxylic acids is 1. The van der Waals surface area contributed by atoms with Crippen molar-refractivity contribution in [3.8, 4) is 5.75 Å². The lowest BCUT2D eigenvalue weighted by atomic mass is 9.96. The Morgan fingerprint density at radius 2 is 2.07 bits per heavy atom. The van der Waals surface area contributed by atoms with E-state index in [4.69, 9.17) is 10.5 Å². The molecule has 7 nitrogen and oxygen atoms in total. The molecular weight excluding hydrogens is 354 g/mol. The number of carbonyl (C=O) groups is 1. The molecule has 7 heteroatoms. The summed E-state index contributed by atoms with van der Waals surface area (Å²) in [5.74, 6) is 1.62. The summed E-state index contributed by atoms with van der Waals surface area (Å²) in [6, 6.07) is 7.98. The van der Waals surface area contributed by atoms with E-state index in [0.717, 1.165) is 75.7 Å². The van der Waals surface area contributed by atoms with Crippen LogP contribution in [-0.4, -0.2) is 56.6 Å². The van der Waals surface area contributed by atoms with Crippen molar-refractivity contribution < 1.29 is 9.53 Å². The van der Waals surface area contributed by atoms with Gasteiger partial charge in [-0.1, -0.05) is 12.1 Å². The lowest BCUT2D eigenvalue weighted by Gasteiger charge is -2.30. The highest BCUT2D eigenvalue weighted by atomic mass is 16.5. The molecule has 1 aliphatic rings. The van der Waals surface area contributed by atoms with Crippen LogP contribution in [0.5, 0.6) is 5.75 Å². The number of nitrogens with zero attached hydrogens (tertiary/aromatic N) is 2.